The van der Waals surface area contributed by atoms with Crippen LogP contribution in [0.3, 0.4) is 0 Å². The van der Waals surface area contributed by atoms with Crippen LogP contribution in [-0.4, -0.2) is 23.1 Å². The Morgan fingerprint density at radius 1 is 0.500 bits per heavy atom. The van der Waals surface area contributed by atoms with Crippen LogP contribution in [0.2, 0.25) is 0 Å². The SMILES string of the molecule is CCCCCC(CC)C(CCCC)C(=O)OOC(C)(C)CCC(C)(C)OOC(=O)C(CCCC)C(CC)CCCCC. The number of hydrogen-bond acceptors (Lipinski definition) is 6. The normalized spacial score (nSPS) is 15.2. The fourth-order valence-electron chi connectivity index (χ4n) is 5.75. The van der Waals surface area contributed by atoms with E-state index in [1.165, 1.54) is 25.7 Å². The molecule has 0 rings (SSSR count). The summed E-state index contributed by atoms with van der Waals surface area (Å²) in [7, 11) is 0. The third-order valence-electron chi connectivity index (χ3n) is 8.91. The number of carbonyl (C=O) groups excluding carboxylic acids is 2. The van der Waals surface area contributed by atoms with Gasteiger partial charge in [-0.25, -0.2) is 9.59 Å². The van der Waals surface area contributed by atoms with Gasteiger partial charge in [-0.2, -0.15) is 9.78 Å². The van der Waals surface area contributed by atoms with E-state index >= 15 is 0 Å². The third kappa shape index (κ3) is 17.9. The van der Waals surface area contributed by atoms with E-state index in [2.05, 4.69) is 41.5 Å². The van der Waals surface area contributed by atoms with E-state index in [1.807, 2.05) is 27.7 Å². The second-order valence-corrected chi connectivity index (χ2v) is 13.8. The third-order valence-corrected chi connectivity index (χ3v) is 8.91. The van der Waals surface area contributed by atoms with Crippen molar-refractivity contribution < 1.29 is 29.1 Å². The van der Waals surface area contributed by atoms with Gasteiger partial charge in [0.05, 0.1) is 11.8 Å². The number of carbonyl (C=O) groups is 2. The maximum absolute atomic E-state index is 13.2. The van der Waals surface area contributed by atoms with Gasteiger partial charge in [0.1, 0.15) is 11.2 Å². The second kappa shape index (κ2) is 23.3. The topological polar surface area (TPSA) is 71.1 Å². The predicted molar refractivity (Wildman–Crippen MR) is 174 cm³/mol. The lowest BCUT2D eigenvalue weighted by molar-refractivity contribution is -0.344. The van der Waals surface area contributed by atoms with Crippen molar-refractivity contribution in [1.29, 1.82) is 0 Å². The largest absolute Gasteiger partial charge is 0.345 e. The average molecular weight is 599 g/mol. The van der Waals surface area contributed by atoms with E-state index in [9.17, 15) is 9.59 Å². The highest BCUT2D eigenvalue weighted by Crippen LogP contribution is 2.32. The van der Waals surface area contributed by atoms with Gasteiger partial charge in [-0.3, -0.25) is 9.78 Å². The highest BCUT2D eigenvalue weighted by molar-refractivity contribution is 5.72. The summed E-state index contributed by atoms with van der Waals surface area (Å²) in [5, 5.41) is 0. The lowest BCUT2D eigenvalue weighted by Gasteiger charge is -2.31. The number of rotatable bonds is 27. The molecule has 0 saturated heterocycles. The first-order valence-corrected chi connectivity index (χ1v) is 17.7. The summed E-state index contributed by atoms with van der Waals surface area (Å²) in [6, 6.07) is 0. The summed E-state index contributed by atoms with van der Waals surface area (Å²) in [5.74, 6) is -0.0969. The summed E-state index contributed by atoms with van der Waals surface area (Å²) in [5.41, 5.74) is -1.40. The minimum atomic E-state index is -0.699. The van der Waals surface area contributed by atoms with Crippen molar-refractivity contribution in [2.75, 3.05) is 0 Å². The zero-order valence-corrected chi connectivity index (χ0v) is 29.5. The fraction of sp³-hybridized carbons (Fsp3) is 0.944. The smallest absolute Gasteiger partial charge is 0.297 e. The Hall–Kier alpha value is -1.14. The molecule has 0 aliphatic rings. The Bertz CT molecular complexity index is 630. The molecule has 0 N–H and O–H groups in total. The molecule has 0 amide bonds. The Labute approximate surface area is 260 Å². The van der Waals surface area contributed by atoms with Crippen molar-refractivity contribution >= 4 is 11.9 Å². The molecule has 0 aromatic rings. The van der Waals surface area contributed by atoms with Gasteiger partial charge in [-0.15, -0.1) is 0 Å². The molecule has 0 aliphatic carbocycles. The van der Waals surface area contributed by atoms with Gasteiger partial charge in [0, 0.05) is 0 Å². The summed E-state index contributed by atoms with van der Waals surface area (Å²) < 4.78 is 0. The lowest BCUT2D eigenvalue weighted by atomic mass is 9.82. The minimum Gasteiger partial charge on any atom is -0.297 e. The van der Waals surface area contributed by atoms with Gasteiger partial charge >= 0.3 is 11.9 Å². The second-order valence-electron chi connectivity index (χ2n) is 13.8. The first kappa shape index (κ1) is 40.9. The minimum absolute atomic E-state index is 0.128. The van der Waals surface area contributed by atoms with E-state index in [0.717, 1.165) is 77.0 Å². The molecular weight excluding hydrogens is 528 g/mol. The Kier molecular flexibility index (Phi) is 22.6. The molecule has 0 aliphatic heterocycles. The fourth-order valence-corrected chi connectivity index (χ4v) is 5.75. The summed E-state index contributed by atoms with van der Waals surface area (Å²) in [6.07, 6.45) is 18.0. The number of unbranched alkanes of at least 4 members (excludes halogenated alkanes) is 6. The average Bonchev–Trinajstić information content (AvgIpc) is 2.96. The van der Waals surface area contributed by atoms with Gasteiger partial charge in [-0.05, 0) is 78.1 Å². The summed E-state index contributed by atoms with van der Waals surface area (Å²) in [6.45, 7) is 20.7. The first-order chi connectivity index (χ1) is 19.9. The predicted octanol–water partition coefficient (Wildman–Crippen LogP) is 11.1. The van der Waals surface area contributed by atoms with Gasteiger partial charge in [0.15, 0.2) is 0 Å². The van der Waals surface area contributed by atoms with Crippen LogP contribution in [0.15, 0.2) is 0 Å². The maximum Gasteiger partial charge on any atom is 0.345 e. The van der Waals surface area contributed by atoms with Crippen LogP contribution in [0.1, 0.15) is 185 Å². The molecule has 0 heterocycles. The molecule has 0 fully saturated rings. The van der Waals surface area contributed by atoms with E-state index in [1.54, 1.807) is 0 Å². The quantitative estimate of drug-likeness (QED) is 0.0532. The molecule has 42 heavy (non-hydrogen) atoms. The molecule has 6 nitrogen and oxygen atoms in total. The van der Waals surface area contributed by atoms with Crippen LogP contribution in [0, 0.1) is 23.7 Å². The Morgan fingerprint density at radius 2 is 0.833 bits per heavy atom. The van der Waals surface area contributed by atoms with E-state index < -0.39 is 11.2 Å². The number of hydrogen-bond donors (Lipinski definition) is 0. The molecule has 0 saturated carbocycles. The molecule has 0 aromatic heterocycles. The molecule has 0 spiro atoms. The van der Waals surface area contributed by atoms with Crippen LogP contribution in [0.4, 0.5) is 0 Å². The van der Waals surface area contributed by atoms with Crippen LogP contribution < -0.4 is 0 Å². The van der Waals surface area contributed by atoms with Crippen molar-refractivity contribution in [1.82, 2.24) is 0 Å². The van der Waals surface area contributed by atoms with E-state index in [0.29, 0.717) is 24.7 Å². The van der Waals surface area contributed by atoms with Crippen LogP contribution in [-0.2, 0) is 29.1 Å². The monoisotopic (exact) mass is 599 g/mol. The molecule has 0 bridgehead atoms. The first-order valence-electron chi connectivity index (χ1n) is 17.7. The zero-order valence-electron chi connectivity index (χ0n) is 29.5. The molecule has 6 heteroatoms. The summed E-state index contributed by atoms with van der Waals surface area (Å²) >= 11 is 0. The van der Waals surface area contributed by atoms with Crippen LogP contribution in [0.25, 0.3) is 0 Å². The van der Waals surface area contributed by atoms with E-state index in [4.69, 9.17) is 19.6 Å². The molecule has 0 radical (unpaired) electrons. The van der Waals surface area contributed by atoms with Gasteiger partial charge in [-0.1, -0.05) is 119 Å². The molecule has 250 valence electrons. The summed E-state index contributed by atoms with van der Waals surface area (Å²) in [4.78, 5) is 48.9. The van der Waals surface area contributed by atoms with Crippen LogP contribution >= 0.6 is 0 Å². The molecular formula is C36H70O6. The molecule has 4 unspecified atom stereocenters. The van der Waals surface area contributed by atoms with E-state index in [-0.39, 0.29) is 23.8 Å². The van der Waals surface area contributed by atoms with Crippen molar-refractivity contribution in [3.8, 4) is 0 Å². The van der Waals surface area contributed by atoms with Gasteiger partial charge in [0.2, 0.25) is 0 Å². The van der Waals surface area contributed by atoms with Crippen LogP contribution in [0.5, 0.6) is 0 Å². The lowest BCUT2D eigenvalue weighted by Crippen LogP contribution is -2.35. The van der Waals surface area contributed by atoms with Crippen molar-refractivity contribution in [2.24, 2.45) is 23.7 Å². The zero-order chi connectivity index (χ0) is 32.0. The van der Waals surface area contributed by atoms with Gasteiger partial charge < -0.3 is 0 Å². The highest BCUT2D eigenvalue weighted by atomic mass is 17.2. The van der Waals surface area contributed by atoms with Crippen molar-refractivity contribution in [3.63, 3.8) is 0 Å². The molecule has 4 atom stereocenters. The Balaban J connectivity index is 5.06. The Morgan fingerprint density at radius 3 is 1.12 bits per heavy atom. The maximum atomic E-state index is 13.2. The van der Waals surface area contributed by atoms with Crippen molar-refractivity contribution in [3.05, 3.63) is 0 Å². The van der Waals surface area contributed by atoms with Crippen molar-refractivity contribution in [2.45, 2.75) is 196 Å². The highest BCUT2D eigenvalue weighted by Gasteiger charge is 2.34. The molecule has 0 aromatic carbocycles. The van der Waals surface area contributed by atoms with Gasteiger partial charge in [0.25, 0.3) is 0 Å². The standard InChI is InChI=1S/C36H70O6/c1-11-17-21-23-29(15-5)31(25-19-13-3)33(37)39-41-35(7,8)27-28-36(9,10)42-40-34(38)32(26-20-14-4)30(16-6)24-22-18-12-2/h29-32H,11-28H2,1-10H3.